The Kier molecular flexibility index (Phi) is 4.21. The number of hydrogen-bond donors (Lipinski definition) is 1. The van der Waals surface area contributed by atoms with Crippen LogP contribution in [0.4, 0.5) is 0 Å². The van der Waals surface area contributed by atoms with Crippen molar-refractivity contribution in [2.45, 2.75) is 31.8 Å². The number of piperidine rings is 1. The zero-order valence-electron chi connectivity index (χ0n) is 15.5. The molecule has 2 aromatic carbocycles. The molecule has 1 aromatic heterocycles. The summed E-state index contributed by atoms with van der Waals surface area (Å²) in [6, 6.07) is 17.4. The first kappa shape index (κ1) is 16.6. The first-order chi connectivity index (χ1) is 13.3. The first-order valence-electron chi connectivity index (χ1n) is 9.95. The fourth-order valence-corrected chi connectivity index (χ4v) is 4.63. The van der Waals surface area contributed by atoms with Crippen molar-refractivity contribution in [2.24, 2.45) is 0 Å². The van der Waals surface area contributed by atoms with Crippen LogP contribution < -0.4 is 0 Å². The molecule has 4 nitrogen and oxygen atoms in total. The number of aromatic amines is 1. The van der Waals surface area contributed by atoms with E-state index >= 15 is 0 Å². The third-order valence-electron chi connectivity index (χ3n) is 6.23. The quantitative estimate of drug-likeness (QED) is 0.755. The molecule has 1 fully saturated rings. The van der Waals surface area contributed by atoms with Gasteiger partial charge in [0.2, 0.25) is 0 Å². The van der Waals surface area contributed by atoms with Gasteiger partial charge >= 0.3 is 0 Å². The molecule has 3 heterocycles. The molecule has 0 atom stereocenters. The minimum atomic E-state index is 0.161. The monoisotopic (exact) mass is 359 g/mol. The van der Waals surface area contributed by atoms with E-state index in [0.29, 0.717) is 6.04 Å². The van der Waals surface area contributed by atoms with Gasteiger partial charge in [0.15, 0.2) is 0 Å². The molecule has 2 aliphatic heterocycles. The number of rotatable bonds is 2. The largest absolute Gasteiger partial charge is 0.361 e. The number of hydrogen-bond acceptors (Lipinski definition) is 2. The highest BCUT2D eigenvalue weighted by atomic mass is 16.2. The second kappa shape index (κ2) is 6.86. The van der Waals surface area contributed by atoms with Gasteiger partial charge < -0.3 is 9.88 Å². The summed E-state index contributed by atoms with van der Waals surface area (Å²) in [5.41, 5.74) is 4.79. The molecule has 1 N–H and O–H groups in total. The first-order valence-corrected chi connectivity index (χ1v) is 9.95. The Balaban J connectivity index is 1.23. The van der Waals surface area contributed by atoms with Crippen LogP contribution in [-0.2, 0) is 13.0 Å². The average molecular weight is 359 g/mol. The zero-order valence-corrected chi connectivity index (χ0v) is 15.5. The number of nitrogens with zero attached hydrogens (tertiary/aromatic N) is 2. The molecule has 1 amide bonds. The SMILES string of the molecule is O=C(c1ccc2cc[nH]c2c1)N1CCC(N2CCc3ccccc3C2)CC1. The summed E-state index contributed by atoms with van der Waals surface area (Å²) in [4.78, 5) is 20.8. The lowest BCUT2D eigenvalue weighted by atomic mass is 9.95. The maximum Gasteiger partial charge on any atom is 0.253 e. The molecule has 27 heavy (non-hydrogen) atoms. The third kappa shape index (κ3) is 3.15. The molecule has 0 radical (unpaired) electrons. The van der Waals surface area contributed by atoms with Crippen LogP contribution in [0.2, 0.25) is 0 Å². The topological polar surface area (TPSA) is 39.3 Å². The standard InChI is InChI=1S/C23H25N3O/c27-23(19-6-5-18-7-11-24-22(18)15-19)25-13-9-21(10-14-25)26-12-8-17-3-1-2-4-20(17)16-26/h1-7,11,15,21,24H,8-10,12-14,16H2. The second-order valence-electron chi connectivity index (χ2n) is 7.79. The van der Waals surface area contributed by atoms with E-state index in [4.69, 9.17) is 0 Å². The van der Waals surface area contributed by atoms with Gasteiger partial charge in [0.1, 0.15) is 0 Å². The van der Waals surface area contributed by atoms with Gasteiger partial charge in [0.25, 0.3) is 5.91 Å². The van der Waals surface area contributed by atoms with Crippen LogP contribution in [0.25, 0.3) is 10.9 Å². The molecule has 0 bridgehead atoms. The highest BCUT2D eigenvalue weighted by molar-refractivity contribution is 5.98. The molecular weight excluding hydrogens is 334 g/mol. The van der Waals surface area contributed by atoms with Gasteiger partial charge in [-0.05, 0) is 54.0 Å². The highest BCUT2D eigenvalue weighted by Crippen LogP contribution is 2.26. The van der Waals surface area contributed by atoms with Crippen LogP contribution in [-0.4, -0.2) is 46.4 Å². The summed E-state index contributed by atoms with van der Waals surface area (Å²) in [5, 5.41) is 1.15. The molecule has 2 aliphatic rings. The van der Waals surface area contributed by atoms with Crippen LogP contribution in [0.3, 0.4) is 0 Å². The predicted octanol–water partition coefficient (Wildman–Crippen LogP) is 3.83. The number of carbonyl (C=O) groups excluding carboxylic acids is 1. The lowest BCUT2D eigenvalue weighted by Crippen LogP contribution is -2.48. The Labute approximate surface area is 159 Å². The van der Waals surface area contributed by atoms with Gasteiger partial charge in [-0.15, -0.1) is 0 Å². The van der Waals surface area contributed by atoms with Gasteiger partial charge in [-0.25, -0.2) is 0 Å². The minimum Gasteiger partial charge on any atom is -0.361 e. The molecule has 0 saturated carbocycles. The zero-order chi connectivity index (χ0) is 18.2. The van der Waals surface area contributed by atoms with Gasteiger partial charge in [0.05, 0.1) is 0 Å². The summed E-state index contributed by atoms with van der Waals surface area (Å²) < 4.78 is 0. The van der Waals surface area contributed by atoms with Crippen molar-refractivity contribution in [3.63, 3.8) is 0 Å². The maximum absolute atomic E-state index is 12.9. The smallest absolute Gasteiger partial charge is 0.253 e. The molecule has 3 aromatic rings. The molecule has 5 rings (SSSR count). The van der Waals surface area contributed by atoms with Gasteiger partial charge in [-0.2, -0.15) is 0 Å². The van der Waals surface area contributed by atoms with Crippen LogP contribution in [0, 0.1) is 0 Å². The van der Waals surface area contributed by atoms with Gasteiger partial charge in [0, 0.05) is 49.5 Å². The van der Waals surface area contributed by atoms with Crippen molar-refractivity contribution < 1.29 is 4.79 Å². The van der Waals surface area contributed by atoms with Crippen LogP contribution in [0.5, 0.6) is 0 Å². The van der Waals surface area contributed by atoms with Gasteiger partial charge in [-0.1, -0.05) is 30.3 Å². The van der Waals surface area contributed by atoms with E-state index in [0.717, 1.165) is 61.9 Å². The number of benzene rings is 2. The molecule has 1 saturated heterocycles. The summed E-state index contributed by atoms with van der Waals surface area (Å²) in [7, 11) is 0. The summed E-state index contributed by atoms with van der Waals surface area (Å²) in [5.74, 6) is 0.161. The number of H-pyrrole nitrogens is 1. The fraction of sp³-hybridized carbons (Fsp3) is 0.348. The third-order valence-corrected chi connectivity index (χ3v) is 6.23. The maximum atomic E-state index is 12.9. The minimum absolute atomic E-state index is 0.161. The number of carbonyl (C=O) groups is 1. The molecule has 4 heteroatoms. The Morgan fingerprint density at radius 2 is 1.78 bits per heavy atom. The number of aromatic nitrogens is 1. The molecule has 138 valence electrons. The summed E-state index contributed by atoms with van der Waals surface area (Å²) in [6.07, 6.45) is 5.20. The summed E-state index contributed by atoms with van der Waals surface area (Å²) >= 11 is 0. The normalized spacial score (nSPS) is 18.6. The van der Waals surface area contributed by atoms with Crippen molar-refractivity contribution in [2.75, 3.05) is 19.6 Å². The van der Waals surface area contributed by atoms with Crippen molar-refractivity contribution in [3.05, 3.63) is 71.4 Å². The van der Waals surface area contributed by atoms with E-state index in [9.17, 15) is 4.79 Å². The fourth-order valence-electron chi connectivity index (χ4n) is 4.63. The van der Waals surface area contributed by atoms with E-state index in [-0.39, 0.29) is 5.91 Å². The van der Waals surface area contributed by atoms with Crippen molar-refractivity contribution >= 4 is 16.8 Å². The lowest BCUT2D eigenvalue weighted by molar-refractivity contribution is 0.0599. The Bertz CT molecular complexity index is 968. The Hall–Kier alpha value is -2.59. The molecule has 0 spiro atoms. The Morgan fingerprint density at radius 3 is 2.63 bits per heavy atom. The molecular formula is C23H25N3O. The van der Waals surface area contributed by atoms with Crippen LogP contribution in [0.1, 0.15) is 34.3 Å². The van der Waals surface area contributed by atoms with E-state index in [1.165, 1.54) is 11.1 Å². The lowest BCUT2D eigenvalue weighted by Gasteiger charge is -2.40. The number of fused-ring (bicyclic) bond motifs is 2. The van der Waals surface area contributed by atoms with E-state index in [2.05, 4.69) is 34.1 Å². The molecule has 0 aliphatic carbocycles. The van der Waals surface area contributed by atoms with Crippen molar-refractivity contribution in [1.29, 1.82) is 0 Å². The second-order valence-corrected chi connectivity index (χ2v) is 7.79. The van der Waals surface area contributed by atoms with E-state index < -0.39 is 0 Å². The molecule has 0 unspecified atom stereocenters. The predicted molar refractivity (Wildman–Crippen MR) is 108 cm³/mol. The van der Waals surface area contributed by atoms with E-state index in [1.54, 1.807) is 0 Å². The highest BCUT2D eigenvalue weighted by Gasteiger charge is 2.29. The number of amides is 1. The average Bonchev–Trinajstić information content (AvgIpc) is 3.21. The number of likely N-dealkylation sites (tertiary alicyclic amines) is 1. The van der Waals surface area contributed by atoms with E-state index in [1.807, 2.05) is 35.4 Å². The van der Waals surface area contributed by atoms with Crippen LogP contribution in [0.15, 0.2) is 54.7 Å². The summed E-state index contributed by atoms with van der Waals surface area (Å²) in [6.45, 7) is 3.90. The Morgan fingerprint density at radius 1 is 0.963 bits per heavy atom. The van der Waals surface area contributed by atoms with Crippen molar-refractivity contribution in [3.8, 4) is 0 Å². The van der Waals surface area contributed by atoms with Crippen molar-refractivity contribution in [1.82, 2.24) is 14.8 Å². The van der Waals surface area contributed by atoms with Gasteiger partial charge in [-0.3, -0.25) is 9.69 Å². The van der Waals surface area contributed by atoms with Crippen LogP contribution >= 0.6 is 0 Å². The number of nitrogens with one attached hydrogen (secondary N) is 1.